The van der Waals surface area contributed by atoms with Crippen LogP contribution in [0.15, 0.2) is 18.7 Å². The zero-order valence-corrected chi connectivity index (χ0v) is 12.9. The van der Waals surface area contributed by atoms with Crippen LogP contribution < -0.4 is 0 Å². The molecule has 20 heavy (non-hydrogen) atoms. The highest BCUT2D eigenvalue weighted by molar-refractivity contribution is 4.82. The Balaban J connectivity index is 1.81. The van der Waals surface area contributed by atoms with Gasteiger partial charge < -0.3 is 14.4 Å². The molecule has 1 aliphatic rings. The lowest BCUT2D eigenvalue weighted by Gasteiger charge is -2.37. The van der Waals surface area contributed by atoms with E-state index in [2.05, 4.69) is 25.8 Å². The molecule has 4 atom stereocenters. The Morgan fingerprint density at radius 2 is 2.20 bits per heavy atom. The predicted octanol–water partition coefficient (Wildman–Crippen LogP) is 2.72. The summed E-state index contributed by atoms with van der Waals surface area (Å²) in [4.78, 5) is 3.98. The second-order valence-electron chi connectivity index (χ2n) is 6.61. The Labute approximate surface area is 122 Å². The van der Waals surface area contributed by atoms with Crippen molar-refractivity contribution < 1.29 is 9.84 Å². The molecule has 0 aromatic carbocycles. The Bertz CT molecular complexity index is 378. The van der Waals surface area contributed by atoms with Crippen molar-refractivity contribution in [3.8, 4) is 0 Å². The first-order chi connectivity index (χ1) is 9.56. The number of hydrogen-bond donors (Lipinski definition) is 1. The summed E-state index contributed by atoms with van der Waals surface area (Å²) < 4.78 is 7.94. The summed E-state index contributed by atoms with van der Waals surface area (Å²) in [5.41, 5.74) is 0. The lowest BCUT2D eigenvalue weighted by atomic mass is 9.75. The SMILES string of the molecule is CC1CCC(C(C)C)C(OCC(O)Cn2ccnc2)C1. The molecule has 4 unspecified atom stereocenters. The number of aromatic nitrogens is 2. The molecule has 0 spiro atoms. The van der Waals surface area contributed by atoms with Crippen LogP contribution in [-0.4, -0.2) is 33.5 Å². The van der Waals surface area contributed by atoms with E-state index >= 15 is 0 Å². The molecule has 0 amide bonds. The van der Waals surface area contributed by atoms with Crippen molar-refractivity contribution in [2.24, 2.45) is 17.8 Å². The molecule has 0 aliphatic heterocycles. The molecule has 1 aromatic heterocycles. The first-order valence-electron chi connectivity index (χ1n) is 7.81. The maximum atomic E-state index is 10.1. The van der Waals surface area contributed by atoms with Crippen molar-refractivity contribution in [1.82, 2.24) is 9.55 Å². The molecule has 0 bridgehead atoms. The van der Waals surface area contributed by atoms with E-state index in [1.54, 1.807) is 12.5 Å². The first kappa shape index (κ1) is 15.5. The molecule has 2 rings (SSSR count). The van der Waals surface area contributed by atoms with Gasteiger partial charge in [0, 0.05) is 12.4 Å². The van der Waals surface area contributed by atoms with Crippen molar-refractivity contribution in [3.05, 3.63) is 18.7 Å². The molecule has 1 saturated carbocycles. The van der Waals surface area contributed by atoms with Gasteiger partial charge in [0.15, 0.2) is 0 Å². The summed E-state index contributed by atoms with van der Waals surface area (Å²) in [5, 5.41) is 10.1. The van der Waals surface area contributed by atoms with E-state index in [0.29, 0.717) is 31.1 Å². The maximum Gasteiger partial charge on any atom is 0.0952 e. The van der Waals surface area contributed by atoms with Crippen molar-refractivity contribution in [2.45, 2.75) is 58.8 Å². The molecular weight excluding hydrogens is 252 g/mol. The van der Waals surface area contributed by atoms with Gasteiger partial charge >= 0.3 is 0 Å². The highest BCUT2D eigenvalue weighted by Crippen LogP contribution is 2.35. The Morgan fingerprint density at radius 3 is 2.85 bits per heavy atom. The highest BCUT2D eigenvalue weighted by atomic mass is 16.5. The average Bonchev–Trinajstić information content (AvgIpc) is 2.89. The van der Waals surface area contributed by atoms with Crippen LogP contribution in [0.2, 0.25) is 0 Å². The third kappa shape index (κ3) is 4.32. The second kappa shape index (κ2) is 7.23. The van der Waals surface area contributed by atoms with Gasteiger partial charge in [0.2, 0.25) is 0 Å². The second-order valence-corrected chi connectivity index (χ2v) is 6.61. The summed E-state index contributed by atoms with van der Waals surface area (Å²) in [6.07, 6.45) is 8.84. The molecule has 114 valence electrons. The molecule has 1 aromatic rings. The topological polar surface area (TPSA) is 47.3 Å². The summed E-state index contributed by atoms with van der Waals surface area (Å²) in [7, 11) is 0. The van der Waals surface area contributed by atoms with Gasteiger partial charge in [-0.3, -0.25) is 0 Å². The van der Waals surface area contributed by atoms with Crippen LogP contribution in [0.5, 0.6) is 0 Å². The first-order valence-corrected chi connectivity index (χ1v) is 7.81. The maximum absolute atomic E-state index is 10.1. The summed E-state index contributed by atoms with van der Waals surface area (Å²) >= 11 is 0. The number of nitrogens with zero attached hydrogens (tertiary/aromatic N) is 2. The van der Waals surface area contributed by atoms with Gasteiger partial charge in [0.05, 0.1) is 31.7 Å². The number of rotatable bonds is 6. The monoisotopic (exact) mass is 280 g/mol. The average molecular weight is 280 g/mol. The van der Waals surface area contributed by atoms with Gasteiger partial charge in [0.1, 0.15) is 0 Å². The highest BCUT2D eigenvalue weighted by Gasteiger charge is 2.31. The number of imidazole rings is 1. The van der Waals surface area contributed by atoms with Crippen LogP contribution in [0, 0.1) is 17.8 Å². The van der Waals surface area contributed by atoms with Gasteiger partial charge in [-0.1, -0.05) is 27.2 Å². The van der Waals surface area contributed by atoms with Gasteiger partial charge in [-0.15, -0.1) is 0 Å². The smallest absolute Gasteiger partial charge is 0.0952 e. The summed E-state index contributed by atoms with van der Waals surface area (Å²) in [6, 6.07) is 0. The Morgan fingerprint density at radius 1 is 1.40 bits per heavy atom. The predicted molar refractivity (Wildman–Crippen MR) is 79.3 cm³/mol. The third-order valence-electron chi connectivity index (χ3n) is 4.44. The van der Waals surface area contributed by atoms with Crippen molar-refractivity contribution >= 4 is 0 Å². The fraction of sp³-hybridized carbons (Fsp3) is 0.812. The Kier molecular flexibility index (Phi) is 5.61. The molecule has 4 heteroatoms. The zero-order valence-electron chi connectivity index (χ0n) is 12.9. The van der Waals surface area contributed by atoms with E-state index in [1.807, 2.05) is 10.8 Å². The van der Waals surface area contributed by atoms with Crippen LogP contribution in [0.1, 0.15) is 40.0 Å². The van der Waals surface area contributed by atoms with Crippen LogP contribution in [0.25, 0.3) is 0 Å². The number of aliphatic hydroxyl groups is 1. The lowest BCUT2D eigenvalue weighted by Crippen LogP contribution is -2.36. The standard InChI is InChI=1S/C16H28N2O2/c1-12(2)15-5-4-13(3)8-16(15)20-10-14(19)9-18-7-6-17-11-18/h6-7,11-16,19H,4-5,8-10H2,1-3H3. The molecule has 0 radical (unpaired) electrons. The molecular formula is C16H28N2O2. The lowest BCUT2D eigenvalue weighted by molar-refractivity contribution is -0.0716. The van der Waals surface area contributed by atoms with Crippen LogP contribution >= 0.6 is 0 Å². The van der Waals surface area contributed by atoms with E-state index in [-0.39, 0.29) is 0 Å². The number of aliphatic hydroxyl groups excluding tert-OH is 1. The zero-order chi connectivity index (χ0) is 14.5. The van der Waals surface area contributed by atoms with Crippen molar-refractivity contribution in [2.75, 3.05) is 6.61 Å². The molecule has 1 aliphatic carbocycles. The minimum atomic E-state index is -0.464. The van der Waals surface area contributed by atoms with Crippen molar-refractivity contribution in [3.63, 3.8) is 0 Å². The Hall–Kier alpha value is -0.870. The molecule has 1 heterocycles. The van der Waals surface area contributed by atoms with E-state index in [1.165, 1.54) is 12.8 Å². The molecule has 1 N–H and O–H groups in total. The van der Waals surface area contributed by atoms with Gasteiger partial charge in [-0.05, 0) is 30.6 Å². The van der Waals surface area contributed by atoms with Crippen molar-refractivity contribution in [1.29, 1.82) is 0 Å². The quantitative estimate of drug-likeness (QED) is 0.871. The minimum absolute atomic E-state index is 0.302. The summed E-state index contributed by atoms with van der Waals surface area (Å²) in [6.45, 7) is 7.82. The van der Waals surface area contributed by atoms with E-state index in [4.69, 9.17) is 4.74 Å². The van der Waals surface area contributed by atoms with Gasteiger partial charge in [-0.25, -0.2) is 4.98 Å². The number of hydrogen-bond acceptors (Lipinski definition) is 3. The fourth-order valence-corrected chi connectivity index (χ4v) is 3.23. The molecule has 4 nitrogen and oxygen atoms in total. The number of ether oxygens (including phenoxy) is 1. The molecule has 0 saturated heterocycles. The van der Waals surface area contributed by atoms with Crippen LogP contribution in [-0.2, 0) is 11.3 Å². The summed E-state index contributed by atoms with van der Waals surface area (Å²) in [5.74, 6) is 2.02. The van der Waals surface area contributed by atoms with Gasteiger partial charge in [-0.2, -0.15) is 0 Å². The van der Waals surface area contributed by atoms with E-state index in [9.17, 15) is 5.11 Å². The minimum Gasteiger partial charge on any atom is -0.389 e. The van der Waals surface area contributed by atoms with Gasteiger partial charge in [0.25, 0.3) is 0 Å². The van der Waals surface area contributed by atoms with E-state index in [0.717, 1.165) is 12.3 Å². The van der Waals surface area contributed by atoms with Crippen LogP contribution in [0.4, 0.5) is 0 Å². The fourth-order valence-electron chi connectivity index (χ4n) is 3.23. The third-order valence-corrected chi connectivity index (χ3v) is 4.44. The molecule has 1 fully saturated rings. The van der Waals surface area contributed by atoms with E-state index < -0.39 is 6.10 Å². The largest absolute Gasteiger partial charge is 0.389 e. The normalized spacial score (nSPS) is 28.8. The van der Waals surface area contributed by atoms with Crippen LogP contribution in [0.3, 0.4) is 0 Å².